The number of carbonyl (C=O) groups is 1. The molecule has 0 radical (unpaired) electrons. The maximum atomic E-state index is 11.1. The van der Waals surface area contributed by atoms with Gasteiger partial charge < -0.3 is 10.2 Å². The fraction of sp³-hybridized carbons (Fsp3) is 0.500. The Kier molecular flexibility index (Phi) is 5.37. The third-order valence-electron chi connectivity index (χ3n) is 2.12. The van der Waals surface area contributed by atoms with E-state index in [1.54, 1.807) is 23.9 Å². The molecule has 1 aromatic heterocycles. The molecule has 90 valence electrons. The average Bonchev–Trinajstić information content (AvgIpc) is 2.76. The summed E-state index contributed by atoms with van der Waals surface area (Å²) >= 11 is 1.69. The molecule has 1 unspecified atom stereocenters. The lowest BCUT2D eigenvalue weighted by atomic mass is 10.3. The van der Waals surface area contributed by atoms with E-state index < -0.39 is 5.91 Å². The highest BCUT2D eigenvalue weighted by atomic mass is 32.2. The number of carbonyl (C=O) groups excluding carboxylic acids is 1. The molecule has 0 aromatic carbocycles. The Labute approximate surface area is 98.9 Å². The first-order valence-electron chi connectivity index (χ1n) is 5.10. The second-order valence-corrected chi connectivity index (χ2v) is 4.45. The second-order valence-electron chi connectivity index (χ2n) is 3.42. The molecular formula is C10H17N3O2S. The number of nitrogens with two attached hydrogens (primary N) is 2. The van der Waals surface area contributed by atoms with E-state index in [2.05, 4.69) is 6.92 Å². The largest absolute Gasteiger partial charge is 0.455 e. The van der Waals surface area contributed by atoms with Crippen LogP contribution >= 0.6 is 11.8 Å². The van der Waals surface area contributed by atoms with Crippen LogP contribution in [0.4, 0.5) is 0 Å². The number of furan rings is 1. The normalized spacial score (nSPS) is 12.4. The zero-order valence-electron chi connectivity index (χ0n) is 9.23. The van der Waals surface area contributed by atoms with E-state index in [4.69, 9.17) is 16.0 Å². The highest BCUT2D eigenvalue weighted by Gasteiger charge is 2.09. The van der Waals surface area contributed by atoms with Crippen molar-refractivity contribution in [3.63, 3.8) is 0 Å². The number of thioether (sulfide) groups is 1. The fourth-order valence-electron chi connectivity index (χ4n) is 1.08. The molecule has 0 aliphatic heterocycles. The summed E-state index contributed by atoms with van der Waals surface area (Å²) in [7, 11) is 0. The molecule has 5 nitrogen and oxygen atoms in total. The van der Waals surface area contributed by atoms with Gasteiger partial charge in [-0.1, -0.05) is 6.92 Å². The van der Waals surface area contributed by atoms with Gasteiger partial charge in [0.2, 0.25) is 0 Å². The Hall–Kier alpha value is -0.980. The summed E-state index contributed by atoms with van der Waals surface area (Å²) in [6.45, 7) is 2.06. The van der Waals surface area contributed by atoms with E-state index in [0.29, 0.717) is 5.75 Å². The van der Waals surface area contributed by atoms with Gasteiger partial charge in [0, 0.05) is 11.8 Å². The maximum absolute atomic E-state index is 11.1. The smallest absolute Gasteiger partial charge is 0.300 e. The van der Waals surface area contributed by atoms with Crippen molar-refractivity contribution < 1.29 is 9.21 Å². The van der Waals surface area contributed by atoms with Crippen molar-refractivity contribution in [2.24, 2.45) is 11.6 Å². The number of hydrogen-bond acceptors (Lipinski definition) is 5. The molecule has 0 fully saturated rings. The number of rotatable bonds is 6. The minimum absolute atomic E-state index is 0.215. The molecule has 0 bridgehead atoms. The Balaban J connectivity index is 2.38. The topological polar surface area (TPSA) is 94.3 Å². The molecule has 1 aromatic rings. The molecule has 1 amide bonds. The van der Waals surface area contributed by atoms with Crippen molar-refractivity contribution >= 4 is 17.7 Å². The SMILES string of the molecule is CCC(N)CSCc1ccc(C(=O)NN)o1. The van der Waals surface area contributed by atoms with Crippen LogP contribution in [0.15, 0.2) is 16.5 Å². The molecular weight excluding hydrogens is 226 g/mol. The first kappa shape index (κ1) is 13.1. The van der Waals surface area contributed by atoms with Gasteiger partial charge in [0.25, 0.3) is 0 Å². The standard InChI is InChI=1S/C10H17N3O2S/c1-2-7(11)5-16-6-8-3-4-9(15-8)10(14)13-12/h3-4,7H,2,5-6,11-12H2,1H3,(H,13,14). The van der Waals surface area contributed by atoms with E-state index in [-0.39, 0.29) is 11.8 Å². The van der Waals surface area contributed by atoms with Crippen molar-refractivity contribution in [3.8, 4) is 0 Å². The molecule has 16 heavy (non-hydrogen) atoms. The van der Waals surface area contributed by atoms with Crippen molar-refractivity contribution in [2.45, 2.75) is 25.1 Å². The zero-order chi connectivity index (χ0) is 12.0. The van der Waals surface area contributed by atoms with Crippen LogP contribution in [0.2, 0.25) is 0 Å². The van der Waals surface area contributed by atoms with Crippen LogP contribution in [0, 0.1) is 0 Å². The Morgan fingerprint density at radius 2 is 2.38 bits per heavy atom. The molecule has 1 rings (SSSR count). The van der Waals surface area contributed by atoms with Gasteiger partial charge in [-0.15, -0.1) is 0 Å². The summed E-state index contributed by atoms with van der Waals surface area (Å²) in [5.74, 6) is 7.16. The number of hydrogen-bond donors (Lipinski definition) is 3. The van der Waals surface area contributed by atoms with Gasteiger partial charge in [0.15, 0.2) is 5.76 Å². The minimum Gasteiger partial charge on any atom is -0.455 e. The second kappa shape index (κ2) is 6.57. The average molecular weight is 243 g/mol. The van der Waals surface area contributed by atoms with E-state index in [1.165, 1.54) is 0 Å². The predicted molar refractivity (Wildman–Crippen MR) is 64.8 cm³/mol. The Morgan fingerprint density at radius 1 is 1.62 bits per heavy atom. The van der Waals surface area contributed by atoms with Crippen molar-refractivity contribution in [1.29, 1.82) is 0 Å². The third kappa shape index (κ3) is 3.88. The third-order valence-corrected chi connectivity index (χ3v) is 3.27. The van der Waals surface area contributed by atoms with Crippen LogP contribution < -0.4 is 17.0 Å². The molecule has 0 aliphatic rings. The van der Waals surface area contributed by atoms with Crippen molar-refractivity contribution in [1.82, 2.24) is 5.43 Å². The first-order chi connectivity index (χ1) is 7.67. The van der Waals surface area contributed by atoms with E-state index in [1.807, 2.05) is 5.43 Å². The summed E-state index contributed by atoms with van der Waals surface area (Å²) in [5, 5.41) is 0. The molecule has 1 heterocycles. The van der Waals surface area contributed by atoms with Crippen molar-refractivity contribution in [2.75, 3.05) is 5.75 Å². The van der Waals surface area contributed by atoms with Crippen LogP contribution in [0.25, 0.3) is 0 Å². The Bertz CT molecular complexity index is 341. The molecule has 0 aliphatic carbocycles. The fourth-order valence-corrected chi connectivity index (χ4v) is 2.09. The summed E-state index contributed by atoms with van der Waals surface area (Å²) in [6, 6.07) is 3.60. The van der Waals surface area contributed by atoms with Crippen LogP contribution in [-0.4, -0.2) is 17.7 Å². The highest BCUT2D eigenvalue weighted by molar-refractivity contribution is 7.98. The minimum atomic E-state index is -0.415. The predicted octanol–water partition coefficient (Wildman–Crippen LogP) is 0.854. The molecule has 6 heteroatoms. The zero-order valence-corrected chi connectivity index (χ0v) is 10.0. The molecule has 0 saturated heterocycles. The summed E-state index contributed by atoms with van der Waals surface area (Å²) in [5.41, 5.74) is 7.80. The lowest BCUT2D eigenvalue weighted by Crippen LogP contribution is -2.29. The van der Waals surface area contributed by atoms with E-state index in [9.17, 15) is 4.79 Å². The molecule has 0 spiro atoms. The van der Waals surface area contributed by atoms with Crippen LogP contribution in [-0.2, 0) is 5.75 Å². The van der Waals surface area contributed by atoms with Crippen LogP contribution in [0.3, 0.4) is 0 Å². The van der Waals surface area contributed by atoms with Gasteiger partial charge >= 0.3 is 5.91 Å². The molecule has 1 atom stereocenters. The van der Waals surface area contributed by atoms with Gasteiger partial charge in [-0.3, -0.25) is 10.2 Å². The molecule has 5 N–H and O–H groups in total. The van der Waals surface area contributed by atoms with Gasteiger partial charge in [0.1, 0.15) is 5.76 Å². The first-order valence-corrected chi connectivity index (χ1v) is 6.25. The lowest BCUT2D eigenvalue weighted by molar-refractivity contribution is 0.0924. The number of nitrogen functional groups attached to an aromatic ring is 1. The number of amides is 1. The lowest BCUT2D eigenvalue weighted by Gasteiger charge is -2.06. The summed E-state index contributed by atoms with van der Waals surface area (Å²) < 4.78 is 5.30. The quantitative estimate of drug-likeness (QED) is 0.391. The van der Waals surface area contributed by atoms with Gasteiger partial charge in [-0.2, -0.15) is 11.8 Å². The monoisotopic (exact) mass is 243 g/mol. The summed E-state index contributed by atoms with van der Waals surface area (Å²) in [6.07, 6.45) is 0.964. The van der Waals surface area contributed by atoms with Crippen LogP contribution in [0.1, 0.15) is 29.7 Å². The maximum Gasteiger partial charge on any atom is 0.300 e. The van der Waals surface area contributed by atoms with E-state index in [0.717, 1.165) is 17.9 Å². The van der Waals surface area contributed by atoms with Gasteiger partial charge in [-0.05, 0) is 18.6 Å². The number of nitrogens with one attached hydrogen (secondary N) is 1. The molecule has 0 saturated carbocycles. The highest BCUT2D eigenvalue weighted by Crippen LogP contribution is 2.16. The van der Waals surface area contributed by atoms with Crippen molar-refractivity contribution in [3.05, 3.63) is 23.7 Å². The van der Waals surface area contributed by atoms with E-state index >= 15 is 0 Å². The van der Waals surface area contributed by atoms with Gasteiger partial charge in [0.05, 0.1) is 5.75 Å². The van der Waals surface area contributed by atoms with Crippen LogP contribution in [0.5, 0.6) is 0 Å². The Morgan fingerprint density at radius 3 is 3.00 bits per heavy atom. The summed E-state index contributed by atoms with van der Waals surface area (Å²) in [4.78, 5) is 11.1. The van der Waals surface area contributed by atoms with Gasteiger partial charge in [-0.25, -0.2) is 5.84 Å². The number of hydrazine groups is 1.